The second-order valence-electron chi connectivity index (χ2n) is 4.19. The number of hydrogen-bond donors (Lipinski definition) is 1. The van der Waals surface area contributed by atoms with Crippen molar-refractivity contribution in [1.82, 2.24) is 0 Å². The summed E-state index contributed by atoms with van der Waals surface area (Å²) in [5.41, 5.74) is 1.05. The van der Waals surface area contributed by atoms with E-state index in [1.807, 2.05) is 6.07 Å². The van der Waals surface area contributed by atoms with Crippen LogP contribution in [0.2, 0.25) is 5.02 Å². The van der Waals surface area contributed by atoms with Crippen molar-refractivity contribution in [2.24, 2.45) is 0 Å². The van der Waals surface area contributed by atoms with Crippen molar-refractivity contribution in [1.29, 1.82) is 0 Å². The van der Waals surface area contributed by atoms with E-state index in [1.54, 1.807) is 42.5 Å². The summed E-state index contributed by atoms with van der Waals surface area (Å²) >= 11 is 6.01. The number of hydrogen-bond acceptors (Lipinski definition) is 3. The molecule has 0 amide bonds. The molecule has 4 nitrogen and oxygen atoms in total. The molecule has 0 heterocycles. The quantitative estimate of drug-likeness (QED) is 0.922. The van der Waals surface area contributed by atoms with Gasteiger partial charge in [-0.05, 0) is 17.7 Å². The van der Waals surface area contributed by atoms with E-state index in [1.165, 1.54) is 7.11 Å². The first-order chi connectivity index (χ1) is 9.50. The van der Waals surface area contributed by atoms with Gasteiger partial charge in [-0.2, -0.15) is 0 Å². The van der Waals surface area contributed by atoms with Gasteiger partial charge in [0.25, 0.3) is 0 Å². The zero-order valence-electron chi connectivity index (χ0n) is 10.8. The lowest BCUT2D eigenvalue weighted by atomic mass is 10.2. The summed E-state index contributed by atoms with van der Waals surface area (Å²) in [5.74, 6) is 0.469. The summed E-state index contributed by atoms with van der Waals surface area (Å²) in [6.45, 7) is 0. The van der Waals surface area contributed by atoms with E-state index < -0.39 is 10.0 Å². The first-order valence-corrected chi connectivity index (χ1v) is 7.91. The average molecular weight is 312 g/mol. The van der Waals surface area contributed by atoms with Crippen molar-refractivity contribution in [3.63, 3.8) is 0 Å². The van der Waals surface area contributed by atoms with E-state index >= 15 is 0 Å². The lowest BCUT2D eigenvalue weighted by molar-refractivity contribution is 0.415. The lowest BCUT2D eigenvalue weighted by Gasteiger charge is -2.10. The number of sulfonamides is 1. The van der Waals surface area contributed by atoms with Crippen molar-refractivity contribution in [3.05, 3.63) is 59.1 Å². The fraction of sp³-hybridized carbons (Fsp3) is 0.143. The van der Waals surface area contributed by atoms with Gasteiger partial charge in [-0.15, -0.1) is 0 Å². The molecule has 0 radical (unpaired) electrons. The predicted molar refractivity (Wildman–Crippen MR) is 80.7 cm³/mol. The molecule has 0 saturated carbocycles. The van der Waals surface area contributed by atoms with Crippen molar-refractivity contribution in [3.8, 4) is 5.75 Å². The molecule has 0 saturated heterocycles. The maximum Gasteiger partial charge on any atom is 0.236 e. The van der Waals surface area contributed by atoms with Gasteiger partial charge in [0.15, 0.2) is 0 Å². The van der Waals surface area contributed by atoms with Gasteiger partial charge < -0.3 is 4.74 Å². The van der Waals surface area contributed by atoms with Gasteiger partial charge in [0.1, 0.15) is 5.75 Å². The van der Waals surface area contributed by atoms with Crippen molar-refractivity contribution in [2.45, 2.75) is 5.75 Å². The van der Waals surface area contributed by atoms with Crippen LogP contribution in [0.3, 0.4) is 0 Å². The molecule has 6 heteroatoms. The highest BCUT2D eigenvalue weighted by Gasteiger charge is 2.13. The van der Waals surface area contributed by atoms with Gasteiger partial charge in [-0.3, -0.25) is 4.72 Å². The molecule has 0 bridgehead atoms. The number of ether oxygens (including phenoxy) is 1. The summed E-state index contributed by atoms with van der Waals surface area (Å²) in [5, 5.41) is 0.293. The summed E-state index contributed by atoms with van der Waals surface area (Å²) < 4.78 is 31.6. The third kappa shape index (κ3) is 3.88. The van der Waals surface area contributed by atoms with Crippen LogP contribution in [0.15, 0.2) is 48.5 Å². The van der Waals surface area contributed by atoms with Gasteiger partial charge in [0, 0.05) is 6.07 Å². The summed E-state index contributed by atoms with van der Waals surface area (Å²) in [7, 11) is -1.99. The Labute approximate surface area is 123 Å². The fourth-order valence-electron chi connectivity index (χ4n) is 1.70. The molecular formula is C14H14ClNO3S. The summed E-state index contributed by atoms with van der Waals surface area (Å²) in [4.78, 5) is 0. The van der Waals surface area contributed by atoms with Crippen molar-refractivity contribution >= 4 is 27.3 Å². The topological polar surface area (TPSA) is 55.4 Å². The summed E-state index contributed by atoms with van der Waals surface area (Å²) in [6, 6.07) is 13.7. The van der Waals surface area contributed by atoms with Crippen molar-refractivity contribution < 1.29 is 13.2 Å². The van der Waals surface area contributed by atoms with E-state index in [-0.39, 0.29) is 5.75 Å². The van der Waals surface area contributed by atoms with Crippen LogP contribution in [0.25, 0.3) is 0 Å². The molecule has 106 valence electrons. The second kappa shape index (κ2) is 6.15. The minimum atomic E-state index is -3.51. The lowest BCUT2D eigenvalue weighted by Crippen LogP contribution is -2.15. The molecule has 2 aromatic rings. The van der Waals surface area contributed by atoms with Gasteiger partial charge in [-0.25, -0.2) is 8.42 Å². The molecular weight excluding hydrogens is 298 g/mol. The Balaban J connectivity index is 2.16. The molecule has 0 fully saturated rings. The average Bonchev–Trinajstić information content (AvgIpc) is 2.41. The second-order valence-corrected chi connectivity index (χ2v) is 6.32. The molecule has 0 aromatic heterocycles. The smallest absolute Gasteiger partial charge is 0.236 e. The highest BCUT2D eigenvalue weighted by molar-refractivity contribution is 7.91. The third-order valence-electron chi connectivity index (χ3n) is 2.64. The highest BCUT2D eigenvalue weighted by atomic mass is 35.5. The predicted octanol–water partition coefficient (Wildman–Crippen LogP) is 3.29. The van der Waals surface area contributed by atoms with Crippen LogP contribution in [0.5, 0.6) is 5.75 Å². The Kier molecular flexibility index (Phi) is 4.52. The molecule has 2 aromatic carbocycles. The molecule has 0 atom stereocenters. The number of halogens is 1. The van der Waals surface area contributed by atoms with Crippen molar-refractivity contribution in [2.75, 3.05) is 11.8 Å². The van der Waals surface area contributed by atoms with E-state index in [9.17, 15) is 8.42 Å². The van der Waals surface area contributed by atoms with Crippen LogP contribution in [0, 0.1) is 0 Å². The molecule has 1 N–H and O–H groups in total. The SMILES string of the molecule is COc1ccc(NS(=O)(=O)Cc2ccccc2)c(Cl)c1. The molecule has 2 rings (SSSR count). The fourth-order valence-corrected chi connectivity index (χ4v) is 3.19. The first-order valence-electron chi connectivity index (χ1n) is 5.88. The normalized spacial score (nSPS) is 11.1. The van der Waals surface area contributed by atoms with E-state index in [0.717, 1.165) is 0 Å². The van der Waals surface area contributed by atoms with Gasteiger partial charge >= 0.3 is 0 Å². The molecule has 0 aliphatic carbocycles. The zero-order chi connectivity index (χ0) is 14.6. The van der Waals surface area contributed by atoms with Gasteiger partial charge in [0.05, 0.1) is 23.6 Å². The Bertz CT molecular complexity index is 687. The van der Waals surface area contributed by atoms with Gasteiger partial charge in [0.2, 0.25) is 10.0 Å². The first kappa shape index (κ1) is 14.7. The van der Waals surface area contributed by atoms with Crippen LogP contribution < -0.4 is 9.46 Å². The number of methoxy groups -OCH3 is 1. The Morgan fingerprint density at radius 1 is 1.15 bits per heavy atom. The van der Waals surface area contributed by atoms with E-state index in [0.29, 0.717) is 22.0 Å². The molecule has 0 unspecified atom stereocenters. The minimum absolute atomic E-state index is 0.101. The van der Waals surface area contributed by atoms with E-state index in [2.05, 4.69) is 4.72 Å². The molecule has 20 heavy (non-hydrogen) atoms. The number of anilines is 1. The summed E-state index contributed by atoms with van der Waals surface area (Å²) in [6.07, 6.45) is 0. The van der Waals surface area contributed by atoms with Crippen LogP contribution >= 0.6 is 11.6 Å². The van der Waals surface area contributed by atoms with Gasteiger partial charge in [-0.1, -0.05) is 41.9 Å². The number of nitrogens with one attached hydrogen (secondary N) is 1. The Morgan fingerprint density at radius 2 is 1.85 bits per heavy atom. The zero-order valence-corrected chi connectivity index (χ0v) is 12.4. The van der Waals surface area contributed by atoms with Crippen LogP contribution in [-0.2, 0) is 15.8 Å². The minimum Gasteiger partial charge on any atom is -0.497 e. The Morgan fingerprint density at radius 3 is 2.45 bits per heavy atom. The molecule has 0 aliphatic heterocycles. The largest absolute Gasteiger partial charge is 0.497 e. The van der Waals surface area contributed by atoms with Crippen LogP contribution in [0.4, 0.5) is 5.69 Å². The standard InChI is InChI=1S/C14H14ClNO3S/c1-19-12-7-8-14(13(15)9-12)16-20(17,18)10-11-5-3-2-4-6-11/h2-9,16H,10H2,1H3. The highest BCUT2D eigenvalue weighted by Crippen LogP contribution is 2.27. The molecule has 0 aliphatic rings. The van der Waals surface area contributed by atoms with E-state index in [4.69, 9.17) is 16.3 Å². The van der Waals surface area contributed by atoms with Crippen LogP contribution in [-0.4, -0.2) is 15.5 Å². The number of benzene rings is 2. The third-order valence-corrected chi connectivity index (χ3v) is 4.20. The number of rotatable bonds is 5. The Hall–Kier alpha value is -1.72. The monoisotopic (exact) mass is 311 g/mol. The van der Waals surface area contributed by atoms with Crippen LogP contribution in [0.1, 0.15) is 5.56 Å². The maximum absolute atomic E-state index is 12.1. The molecule has 0 spiro atoms. The maximum atomic E-state index is 12.1.